The number of para-hydroxylation sites is 2. The maximum absolute atomic E-state index is 12.5. The lowest BCUT2D eigenvalue weighted by Gasteiger charge is -2.10. The van der Waals surface area contributed by atoms with Gasteiger partial charge in [-0.3, -0.25) is 18.5 Å². The fourth-order valence-electron chi connectivity index (χ4n) is 2.60. The average Bonchev–Trinajstić information content (AvgIpc) is 2.97. The number of ether oxygens (including phenoxy) is 2. The van der Waals surface area contributed by atoms with Crippen molar-refractivity contribution in [1.82, 2.24) is 18.7 Å². The highest BCUT2D eigenvalue weighted by Crippen LogP contribution is 2.31. The van der Waals surface area contributed by atoms with Crippen LogP contribution in [-0.4, -0.2) is 25.8 Å². The minimum absolute atomic E-state index is 0.232. The Kier molecular flexibility index (Phi) is 3.88. The van der Waals surface area contributed by atoms with E-state index < -0.39 is 11.2 Å². The van der Waals surface area contributed by atoms with E-state index in [1.54, 1.807) is 30.9 Å². The van der Waals surface area contributed by atoms with Gasteiger partial charge >= 0.3 is 11.7 Å². The van der Waals surface area contributed by atoms with Crippen molar-refractivity contribution < 1.29 is 9.47 Å². The van der Waals surface area contributed by atoms with Crippen LogP contribution >= 0.6 is 0 Å². The van der Waals surface area contributed by atoms with E-state index in [-0.39, 0.29) is 11.7 Å². The van der Waals surface area contributed by atoms with Crippen LogP contribution in [0.4, 0.5) is 0 Å². The van der Waals surface area contributed by atoms with E-state index in [1.165, 1.54) is 11.6 Å². The zero-order valence-corrected chi connectivity index (χ0v) is 13.9. The molecule has 0 spiro atoms. The van der Waals surface area contributed by atoms with Gasteiger partial charge in [-0.05, 0) is 19.1 Å². The van der Waals surface area contributed by atoms with E-state index in [9.17, 15) is 9.59 Å². The molecule has 3 rings (SSSR count). The van der Waals surface area contributed by atoms with Crippen LogP contribution in [0.3, 0.4) is 0 Å². The highest BCUT2D eigenvalue weighted by molar-refractivity contribution is 5.72. The van der Waals surface area contributed by atoms with E-state index in [0.29, 0.717) is 23.6 Å². The third kappa shape index (κ3) is 2.27. The molecule has 0 fully saturated rings. The first-order chi connectivity index (χ1) is 11.5. The Morgan fingerprint density at radius 2 is 1.75 bits per heavy atom. The lowest BCUT2D eigenvalue weighted by molar-refractivity contribution is 0.360. The molecule has 2 heterocycles. The number of imidazole rings is 1. The van der Waals surface area contributed by atoms with Crippen LogP contribution < -0.4 is 20.7 Å². The molecule has 3 aromatic rings. The van der Waals surface area contributed by atoms with Gasteiger partial charge in [0.2, 0.25) is 0 Å². The summed E-state index contributed by atoms with van der Waals surface area (Å²) < 4.78 is 15.2. The molecule has 0 atom stereocenters. The average molecular weight is 330 g/mol. The smallest absolute Gasteiger partial charge is 0.332 e. The summed E-state index contributed by atoms with van der Waals surface area (Å²) in [5, 5.41) is 0. The largest absolute Gasteiger partial charge is 0.493 e. The van der Waals surface area contributed by atoms with Crippen molar-refractivity contribution in [2.24, 2.45) is 14.1 Å². The van der Waals surface area contributed by atoms with Crippen molar-refractivity contribution in [3.8, 4) is 17.5 Å². The van der Waals surface area contributed by atoms with E-state index in [1.807, 2.05) is 19.1 Å². The van der Waals surface area contributed by atoms with Gasteiger partial charge in [0.05, 0.1) is 7.11 Å². The molecule has 0 unspecified atom stereocenters. The number of rotatable bonds is 4. The first-order valence-electron chi connectivity index (χ1n) is 7.46. The predicted molar refractivity (Wildman–Crippen MR) is 89.0 cm³/mol. The number of nitrogens with zero attached hydrogens (tertiary/aromatic N) is 4. The first kappa shape index (κ1) is 15.9. The molecule has 8 nitrogen and oxygen atoms in total. The molecule has 1 aromatic carbocycles. The molecule has 0 aliphatic heterocycles. The predicted octanol–water partition coefficient (Wildman–Crippen LogP) is 1.25. The second-order valence-electron chi connectivity index (χ2n) is 5.27. The third-order valence-corrected chi connectivity index (χ3v) is 3.90. The van der Waals surface area contributed by atoms with Gasteiger partial charge in [0.1, 0.15) is 0 Å². The highest BCUT2D eigenvalue weighted by atomic mass is 16.5. The van der Waals surface area contributed by atoms with E-state index in [4.69, 9.17) is 9.47 Å². The Hall–Kier alpha value is -3.03. The summed E-state index contributed by atoms with van der Waals surface area (Å²) in [7, 11) is 4.56. The molecule has 0 aliphatic rings. The summed E-state index contributed by atoms with van der Waals surface area (Å²) in [6.45, 7) is 2.34. The SMILES string of the molecule is CCn1c(Oc2ccccc2OC)nc2c1c(=O)n(C)c(=O)n2C. The minimum atomic E-state index is -0.433. The van der Waals surface area contributed by atoms with Crippen LogP contribution in [0.2, 0.25) is 0 Å². The normalized spacial score (nSPS) is 11.0. The fourth-order valence-corrected chi connectivity index (χ4v) is 2.60. The number of fused-ring (bicyclic) bond motifs is 1. The molecular formula is C16H18N4O4. The quantitative estimate of drug-likeness (QED) is 0.719. The number of hydrogen-bond acceptors (Lipinski definition) is 5. The van der Waals surface area contributed by atoms with Gasteiger partial charge in [0.25, 0.3) is 5.56 Å². The zero-order valence-electron chi connectivity index (χ0n) is 13.9. The summed E-state index contributed by atoms with van der Waals surface area (Å²) in [5.41, 5.74) is -0.226. The molecule has 8 heteroatoms. The maximum Gasteiger partial charge on any atom is 0.332 e. The zero-order chi connectivity index (χ0) is 17.4. The summed E-state index contributed by atoms with van der Waals surface area (Å²) in [5.74, 6) is 1.03. The first-order valence-corrected chi connectivity index (χ1v) is 7.46. The number of aromatic nitrogens is 4. The van der Waals surface area contributed by atoms with Crippen LogP contribution in [0, 0.1) is 0 Å². The monoisotopic (exact) mass is 330 g/mol. The van der Waals surface area contributed by atoms with Crippen molar-refractivity contribution >= 4 is 11.2 Å². The molecule has 24 heavy (non-hydrogen) atoms. The van der Waals surface area contributed by atoms with Crippen molar-refractivity contribution in [3.05, 3.63) is 45.1 Å². The van der Waals surface area contributed by atoms with Crippen LogP contribution in [-0.2, 0) is 20.6 Å². The van der Waals surface area contributed by atoms with Gasteiger partial charge in [-0.2, -0.15) is 4.98 Å². The molecule has 0 aliphatic carbocycles. The Morgan fingerprint density at radius 3 is 2.38 bits per heavy atom. The van der Waals surface area contributed by atoms with E-state index in [0.717, 1.165) is 4.57 Å². The topological polar surface area (TPSA) is 80.3 Å². The summed E-state index contributed by atoms with van der Waals surface area (Å²) >= 11 is 0. The maximum atomic E-state index is 12.5. The van der Waals surface area contributed by atoms with Crippen LogP contribution in [0.5, 0.6) is 17.5 Å². The Morgan fingerprint density at radius 1 is 1.08 bits per heavy atom. The molecule has 0 bridgehead atoms. The summed E-state index contributed by atoms with van der Waals surface area (Å²) in [4.78, 5) is 28.9. The van der Waals surface area contributed by atoms with Gasteiger partial charge in [-0.25, -0.2) is 4.79 Å². The third-order valence-electron chi connectivity index (χ3n) is 3.90. The Bertz CT molecular complexity index is 1030. The van der Waals surface area contributed by atoms with Gasteiger partial charge in [0, 0.05) is 20.6 Å². The number of hydrogen-bond donors (Lipinski definition) is 0. The molecule has 0 amide bonds. The number of methoxy groups -OCH3 is 1. The standard InChI is InChI=1S/C16H18N4O4/c1-5-20-12-13(18(2)16(22)19(3)14(12)21)17-15(20)24-11-9-7-6-8-10(11)23-4/h6-9H,5H2,1-4H3. The van der Waals surface area contributed by atoms with E-state index >= 15 is 0 Å². The lowest BCUT2D eigenvalue weighted by Crippen LogP contribution is -2.37. The Balaban J connectivity index is 2.26. The highest BCUT2D eigenvalue weighted by Gasteiger charge is 2.20. The van der Waals surface area contributed by atoms with Crippen LogP contribution in [0.25, 0.3) is 11.2 Å². The van der Waals surface area contributed by atoms with Crippen LogP contribution in [0.1, 0.15) is 6.92 Å². The summed E-state index contributed by atoms with van der Waals surface area (Å²) in [6, 6.07) is 7.38. The molecule has 0 N–H and O–H groups in total. The van der Waals surface area contributed by atoms with Gasteiger partial charge in [0.15, 0.2) is 22.7 Å². The van der Waals surface area contributed by atoms with Crippen molar-refractivity contribution in [2.75, 3.05) is 7.11 Å². The van der Waals surface area contributed by atoms with Crippen LogP contribution in [0.15, 0.2) is 33.9 Å². The molecule has 126 valence electrons. The lowest BCUT2D eigenvalue weighted by atomic mass is 10.3. The van der Waals surface area contributed by atoms with Crippen molar-refractivity contribution in [1.29, 1.82) is 0 Å². The minimum Gasteiger partial charge on any atom is -0.493 e. The molecule has 0 saturated heterocycles. The Labute approximate surface area is 137 Å². The molecular weight excluding hydrogens is 312 g/mol. The van der Waals surface area contributed by atoms with Crippen molar-refractivity contribution in [3.63, 3.8) is 0 Å². The second kappa shape index (κ2) is 5.88. The number of aryl methyl sites for hydroxylation is 2. The van der Waals surface area contributed by atoms with Crippen molar-refractivity contribution in [2.45, 2.75) is 13.5 Å². The summed E-state index contributed by atoms with van der Waals surface area (Å²) in [6.07, 6.45) is 0. The van der Waals surface area contributed by atoms with Gasteiger partial charge in [-0.15, -0.1) is 0 Å². The fraction of sp³-hybridized carbons (Fsp3) is 0.312. The molecule has 0 saturated carbocycles. The molecule has 0 radical (unpaired) electrons. The van der Waals surface area contributed by atoms with Gasteiger partial charge < -0.3 is 9.47 Å². The van der Waals surface area contributed by atoms with E-state index in [2.05, 4.69) is 4.98 Å². The molecule has 2 aromatic heterocycles. The van der Waals surface area contributed by atoms with Gasteiger partial charge in [-0.1, -0.05) is 12.1 Å². The number of benzene rings is 1. The second-order valence-corrected chi connectivity index (χ2v) is 5.27.